The first-order valence-electron chi connectivity index (χ1n) is 10.9. The molecule has 0 aliphatic carbocycles. The average molecular weight is 439 g/mol. The molecule has 1 N–H and O–H groups in total. The van der Waals surface area contributed by atoms with Crippen molar-refractivity contribution in [3.8, 4) is 17.4 Å². The van der Waals surface area contributed by atoms with E-state index in [0.29, 0.717) is 36.8 Å². The molecule has 0 radical (unpaired) electrons. The van der Waals surface area contributed by atoms with Crippen LogP contribution in [0.4, 0.5) is 5.69 Å². The van der Waals surface area contributed by atoms with Gasteiger partial charge in [0.1, 0.15) is 17.6 Å². The van der Waals surface area contributed by atoms with Crippen molar-refractivity contribution in [2.45, 2.75) is 53.1 Å². The van der Waals surface area contributed by atoms with Gasteiger partial charge in [-0.1, -0.05) is 0 Å². The minimum Gasteiger partial charge on any atom is -0.492 e. The van der Waals surface area contributed by atoms with E-state index in [1.165, 1.54) is 0 Å². The fourth-order valence-electron chi connectivity index (χ4n) is 4.37. The van der Waals surface area contributed by atoms with E-state index < -0.39 is 0 Å². The minimum atomic E-state index is -0.0889. The number of rotatable bonds is 7. The quantitative estimate of drug-likeness (QED) is 0.602. The lowest BCUT2D eigenvalue weighted by Gasteiger charge is -2.14. The van der Waals surface area contributed by atoms with Crippen molar-refractivity contribution >= 4 is 22.6 Å². The second-order valence-corrected chi connectivity index (χ2v) is 8.20. The molecule has 2 aromatic heterocycles. The van der Waals surface area contributed by atoms with Gasteiger partial charge < -0.3 is 19.5 Å². The van der Waals surface area contributed by atoms with Gasteiger partial charge in [-0.25, -0.2) is 9.67 Å². The molecule has 0 spiro atoms. The van der Waals surface area contributed by atoms with Crippen molar-refractivity contribution in [2.24, 2.45) is 7.05 Å². The average Bonchev–Trinajstić information content (AvgIpc) is 3.26. The SMILES string of the molecule is CCOc1cc2c(cc1NC(=O)CCc1c(C)nc3c(c(OC)nn3C)c1C)O[C@H](C)C2. The van der Waals surface area contributed by atoms with Crippen LogP contribution in [0.5, 0.6) is 17.4 Å². The summed E-state index contributed by atoms with van der Waals surface area (Å²) in [6.45, 7) is 8.48. The number of hydrogen-bond acceptors (Lipinski definition) is 6. The molecule has 1 aliphatic heterocycles. The number of carbonyl (C=O) groups is 1. The zero-order valence-electron chi connectivity index (χ0n) is 19.5. The molecule has 1 aromatic carbocycles. The highest BCUT2D eigenvalue weighted by atomic mass is 16.5. The van der Waals surface area contributed by atoms with Gasteiger partial charge in [0.05, 0.1) is 24.8 Å². The summed E-state index contributed by atoms with van der Waals surface area (Å²) in [7, 11) is 3.45. The maximum atomic E-state index is 12.9. The number of aromatic nitrogens is 3. The van der Waals surface area contributed by atoms with Crippen LogP contribution in [-0.4, -0.2) is 40.5 Å². The van der Waals surface area contributed by atoms with Crippen molar-refractivity contribution in [2.75, 3.05) is 19.0 Å². The molecular weight excluding hydrogens is 408 g/mol. The Morgan fingerprint density at radius 3 is 2.84 bits per heavy atom. The Morgan fingerprint density at radius 2 is 2.12 bits per heavy atom. The van der Waals surface area contributed by atoms with Crippen LogP contribution in [0.15, 0.2) is 12.1 Å². The van der Waals surface area contributed by atoms with E-state index in [-0.39, 0.29) is 12.0 Å². The second kappa shape index (κ2) is 8.68. The van der Waals surface area contributed by atoms with E-state index in [0.717, 1.165) is 45.6 Å². The molecule has 0 saturated carbocycles. The van der Waals surface area contributed by atoms with Crippen LogP contribution in [0.2, 0.25) is 0 Å². The molecule has 1 amide bonds. The number of pyridine rings is 1. The van der Waals surface area contributed by atoms with E-state index in [4.69, 9.17) is 19.2 Å². The molecule has 1 aliphatic rings. The van der Waals surface area contributed by atoms with Gasteiger partial charge in [0.2, 0.25) is 11.8 Å². The first-order valence-corrected chi connectivity index (χ1v) is 10.9. The van der Waals surface area contributed by atoms with Crippen LogP contribution in [-0.2, 0) is 24.7 Å². The molecule has 8 heteroatoms. The fraction of sp³-hybridized carbons (Fsp3) is 0.458. The summed E-state index contributed by atoms with van der Waals surface area (Å²) in [6.07, 6.45) is 1.85. The first-order chi connectivity index (χ1) is 15.3. The number of aryl methyl sites for hydroxylation is 3. The summed E-state index contributed by atoms with van der Waals surface area (Å²) in [6, 6.07) is 3.84. The van der Waals surface area contributed by atoms with E-state index in [2.05, 4.69) is 10.4 Å². The number of anilines is 1. The number of benzene rings is 1. The summed E-state index contributed by atoms with van der Waals surface area (Å²) < 4.78 is 18.8. The van der Waals surface area contributed by atoms with Crippen molar-refractivity contribution in [1.82, 2.24) is 14.8 Å². The largest absolute Gasteiger partial charge is 0.492 e. The fourth-order valence-corrected chi connectivity index (χ4v) is 4.37. The number of nitrogens with zero attached hydrogens (tertiary/aromatic N) is 3. The summed E-state index contributed by atoms with van der Waals surface area (Å²) in [4.78, 5) is 17.6. The number of amides is 1. The Labute approximate surface area is 187 Å². The molecule has 0 bridgehead atoms. The normalized spacial score (nSPS) is 14.9. The predicted molar refractivity (Wildman–Crippen MR) is 123 cm³/mol. The third-order valence-electron chi connectivity index (χ3n) is 5.89. The molecule has 0 unspecified atom stereocenters. The Morgan fingerprint density at radius 1 is 1.34 bits per heavy atom. The van der Waals surface area contributed by atoms with E-state index in [9.17, 15) is 4.79 Å². The second-order valence-electron chi connectivity index (χ2n) is 8.20. The number of carbonyl (C=O) groups excluding carboxylic acids is 1. The molecule has 1 atom stereocenters. The van der Waals surface area contributed by atoms with Crippen molar-refractivity contribution in [3.05, 3.63) is 34.5 Å². The number of fused-ring (bicyclic) bond motifs is 2. The van der Waals surface area contributed by atoms with Crippen LogP contribution in [0.1, 0.15) is 42.7 Å². The molecule has 3 heterocycles. The van der Waals surface area contributed by atoms with Gasteiger partial charge in [-0.05, 0) is 51.3 Å². The highest BCUT2D eigenvalue weighted by molar-refractivity contribution is 5.93. The lowest BCUT2D eigenvalue weighted by atomic mass is 10.00. The summed E-state index contributed by atoms with van der Waals surface area (Å²) in [5.74, 6) is 1.94. The van der Waals surface area contributed by atoms with Gasteiger partial charge in [0.15, 0.2) is 5.65 Å². The maximum absolute atomic E-state index is 12.9. The Hall–Kier alpha value is -3.29. The molecular formula is C24H30N4O4. The predicted octanol–water partition coefficient (Wildman–Crippen LogP) is 3.89. The number of hydrogen-bond donors (Lipinski definition) is 1. The minimum absolute atomic E-state index is 0.0889. The summed E-state index contributed by atoms with van der Waals surface area (Å²) in [5, 5.41) is 8.29. The van der Waals surface area contributed by atoms with Gasteiger partial charge in [-0.3, -0.25) is 4.79 Å². The first kappa shape index (κ1) is 21.9. The van der Waals surface area contributed by atoms with Gasteiger partial charge in [-0.2, -0.15) is 0 Å². The van der Waals surface area contributed by atoms with Crippen LogP contribution < -0.4 is 19.5 Å². The highest BCUT2D eigenvalue weighted by Gasteiger charge is 2.23. The standard InChI is InChI=1S/C24H30N4O4/c1-7-31-20-11-16-10-13(2)32-19(16)12-18(20)26-21(29)9-8-17-14(3)22-23(25-15(17)4)28(5)27-24(22)30-6/h11-13H,7-10H2,1-6H3,(H,26,29)/t13-/m1/s1. The number of ether oxygens (including phenoxy) is 3. The topological polar surface area (TPSA) is 87.5 Å². The van der Waals surface area contributed by atoms with Crippen LogP contribution in [0.25, 0.3) is 11.0 Å². The third-order valence-corrected chi connectivity index (χ3v) is 5.89. The lowest BCUT2D eigenvalue weighted by molar-refractivity contribution is -0.116. The van der Waals surface area contributed by atoms with E-state index in [1.807, 2.05) is 46.9 Å². The monoisotopic (exact) mass is 438 g/mol. The van der Waals surface area contributed by atoms with Crippen molar-refractivity contribution in [3.63, 3.8) is 0 Å². The molecule has 3 aromatic rings. The zero-order valence-corrected chi connectivity index (χ0v) is 19.5. The van der Waals surface area contributed by atoms with Crippen LogP contribution >= 0.6 is 0 Å². The van der Waals surface area contributed by atoms with Gasteiger partial charge in [0.25, 0.3) is 0 Å². The molecule has 32 heavy (non-hydrogen) atoms. The Bertz CT molecular complexity index is 1180. The van der Waals surface area contributed by atoms with Gasteiger partial charge >= 0.3 is 0 Å². The van der Waals surface area contributed by atoms with Crippen LogP contribution in [0.3, 0.4) is 0 Å². The summed E-state index contributed by atoms with van der Waals surface area (Å²) in [5.41, 5.74) is 5.49. The third kappa shape index (κ3) is 3.97. The molecule has 0 saturated heterocycles. The van der Waals surface area contributed by atoms with E-state index in [1.54, 1.807) is 11.8 Å². The zero-order chi connectivity index (χ0) is 23.0. The smallest absolute Gasteiger partial charge is 0.242 e. The van der Waals surface area contributed by atoms with Gasteiger partial charge in [0, 0.05) is 37.2 Å². The molecule has 0 fully saturated rings. The Kier molecular flexibility index (Phi) is 5.95. The summed E-state index contributed by atoms with van der Waals surface area (Å²) >= 11 is 0. The van der Waals surface area contributed by atoms with E-state index >= 15 is 0 Å². The van der Waals surface area contributed by atoms with Gasteiger partial charge in [-0.15, -0.1) is 5.10 Å². The molecule has 170 valence electrons. The van der Waals surface area contributed by atoms with Crippen molar-refractivity contribution < 1.29 is 19.0 Å². The maximum Gasteiger partial charge on any atom is 0.242 e. The number of nitrogens with one attached hydrogen (secondary N) is 1. The van der Waals surface area contributed by atoms with Crippen LogP contribution in [0, 0.1) is 13.8 Å². The molecule has 8 nitrogen and oxygen atoms in total. The Balaban J connectivity index is 1.54. The highest BCUT2D eigenvalue weighted by Crippen LogP contribution is 2.38. The molecule has 4 rings (SSSR count). The lowest BCUT2D eigenvalue weighted by Crippen LogP contribution is -2.14. The van der Waals surface area contributed by atoms with Crippen molar-refractivity contribution in [1.29, 1.82) is 0 Å². The number of methoxy groups -OCH3 is 1.